The average molecular weight is 324 g/mol. The highest BCUT2D eigenvalue weighted by atomic mass is 19.4. The molecular formula is C15H15F3N4O. The van der Waals surface area contributed by atoms with Crippen LogP contribution in [-0.4, -0.2) is 38.9 Å². The summed E-state index contributed by atoms with van der Waals surface area (Å²) in [6, 6.07) is 4.49. The van der Waals surface area contributed by atoms with Crippen molar-refractivity contribution >= 4 is 5.91 Å². The Morgan fingerprint density at radius 2 is 1.61 bits per heavy atom. The summed E-state index contributed by atoms with van der Waals surface area (Å²) >= 11 is 0. The lowest BCUT2D eigenvalue weighted by atomic mass is 10.0. The summed E-state index contributed by atoms with van der Waals surface area (Å²) in [4.78, 5) is 15.7. The molecule has 0 aliphatic carbocycles. The number of hydrogen-bond donors (Lipinski definition) is 0. The minimum atomic E-state index is -4.39. The third kappa shape index (κ3) is 3.35. The van der Waals surface area contributed by atoms with Gasteiger partial charge >= 0.3 is 6.18 Å². The summed E-state index contributed by atoms with van der Waals surface area (Å²) < 4.78 is 37.6. The summed E-state index contributed by atoms with van der Waals surface area (Å²) in [5.41, 5.74) is -0.480. The van der Waals surface area contributed by atoms with Crippen molar-refractivity contribution in [2.24, 2.45) is 0 Å². The number of hydrogen-bond acceptors (Lipinski definition) is 3. The molecule has 5 nitrogen and oxygen atoms in total. The smallest absolute Gasteiger partial charge is 0.338 e. The lowest BCUT2D eigenvalue weighted by molar-refractivity contribution is -0.137. The Balaban J connectivity index is 1.63. The van der Waals surface area contributed by atoms with Gasteiger partial charge in [0.25, 0.3) is 5.91 Å². The van der Waals surface area contributed by atoms with E-state index >= 15 is 0 Å². The largest absolute Gasteiger partial charge is 0.416 e. The third-order valence-electron chi connectivity index (χ3n) is 3.97. The zero-order valence-electron chi connectivity index (χ0n) is 12.2. The molecule has 3 rings (SSSR count). The molecule has 0 N–H and O–H groups in total. The fourth-order valence-electron chi connectivity index (χ4n) is 2.70. The highest BCUT2D eigenvalue weighted by Crippen LogP contribution is 2.29. The Hall–Kier alpha value is -2.38. The predicted molar refractivity (Wildman–Crippen MR) is 75.6 cm³/mol. The molecule has 1 aliphatic rings. The van der Waals surface area contributed by atoms with Crippen LogP contribution in [0, 0.1) is 0 Å². The molecule has 0 saturated carbocycles. The number of carbonyl (C=O) groups excluding carboxylic acids is 1. The Morgan fingerprint density at radius 1 is 1.04 bits per heavy atom. The van der Waals surface area contributed by atoms with Crippen molar-refractivity contribution in [3.63, 3.8) is 0 Å². The average Bonchev–Trinajstić information content (AvgIpc) is 3.08. The molecule has 2 aromatic rings. The van der Waals surface area contributed by atoms with Crippen LogP contribution in [0.15, 0.2) is 36.7 Å². The van der Waals surface area contributed by atoms with Crippen LogP contribution < -0.4 is 0 Å². The maximum Gasteiger partial charge on any atom is 0.416 e. The molecular weight excluding hydrogens is 309 g/mol. The van der Waals surface area contributed by atoms with Crippen LogP contribution in [0.4, 0.5) is 13.2 Å². The first kappa shape index (κ1) is 15.5. The van der Waals surface area contributed by atoms with Crippen LogP contribution in [0.25, 0.3) is 0 Å². The summed E-state index contributed by atoms with van der Waals surface area (Å²) in [5.74, 6) is -0.245. The predicted octanol–water partition coefficient (Wildman–Crippen LogP) is 2.77. The number of rotatable bonds is 2. The van der Waals surface area contributed by atoms with Gasteiger partial charge in [-0.05, 0) is 37.1 Å². The molecule has 0 unspecified atom stereocenters. The van der Waals surface area contributed by atoms with Crippen molar-refractivity contribution < 1.29 is 18.0 Å². The fourth-order valence-corrected chi connectivity index (χ4v) is 2.70. The van der Waals surface area contributed by atoms with E-state index in [4.69, 9.17) is 0 Å². The number of halogens is 3. The van der Waals surface area contributed by atoms with E-state index in [-0.39, 0.29) is 17.5 Å². The SMILES string of the molecule is O=C(c1ccc(C(F)(F)F)cc1)N1CCC(n2nccn2)CC1. The number of nitrogens with zero attached hydrogens (tertiary/aromatic N) is 4. The Morgan fingerprint density at radius 3 is 2.13 bits per heavy atom. The third-order valence-corrected chi connectivity index (χ3v) is 3.97. The minimum Gasteiger partial charge on any atom is -0.338 e. The van der Waals surface area contributed by atoms with Gasteiger partial charge in [0.05, 0.1) is 24.0 Å². The molecule has 1 aromatic heterocycles. The van der Waals surface area contributed by atoms with E-state index in [1.54, 1.807) is 22.1 Å². The van der Waals surface area contributed by atoms with Crippen LogP contribution in [-0.2, 0) is 6.18 Å². The second-order valence-electron chi connectivity index (χ2n) is 5.45. The van der Waals surface area contributed by atoms with Gasteiger partial charge in [0.15, 0.2) is 0 Å². The van der Waals surface area contributed by atoms with E-state index in [9.17, 15) is 18.0 Å². The molecule has 0 atom stereocenters. The van der Waals surface area contributed by atoms with Gasteiger partial charge in [-0.25, -0.2) is 0 Å². The molecule has 23 heavy (non-hydrogen) atoms. The highest BCUT2D eigenvalue weighted by Gasteiger charge is 2.31. The molecule has 1 aliphatic heterocycles. The van der Waals surface area contributed by atoms with Crippen molar-refractivity contribution in [2.45, 2.75) is 25.1 Å². The number of piperidine rings is 1. The second kappa shape index (κ2) is 6.02. The first-order valence-electron chi connectivity index (χ1n) is 7.27. The van der Waals surface area contributed by atoms with Crippen LogP contribution in [0.2, 0.25) is 0 Å². The maximum atomic E-state index is 12.5. The first-order chi connectivity index (χ1) is 10.9. The molecule has 1 amide bonds. The highest BCUT2D eigenvalue weighted by molar-refractivity contribution is 5.94. The Bertz CT molecular complexity index is 659. The summed E-state index contributed by atoms with van der Waals surface area (Å²) in [7, 11) is 0. The zero-order chi connectivity index (χ0) is 16.4. The molecule has 2 heterocycles. The Labute approximate surface area is 130 Å². The van der Waals surface area contributed by atoms with Crippen molar-refractivity contribution in [2.75, 3.05) is 13.1 Å². The van der Waals surface area contributed by atoms with Gasteiger partial charge in [-0.15, -0.1) is 0 Å². The molecule has 122 valence electrons. The van der Waals surface area contributed by atoms with E-state index in [0.29, 0.717) is 13.1 Å². The van der Waals surface area contributed by atoms with Crippen molar-refractivity contribution in [1.82, 2.24) is 19.9 Å². The summed E-state index contributed by atoms with van der Waals surface area (Å²) in [6.45, 7) is 1.07. The molecule has 1 saturated heterocycles. The van der Waals surface area contributed by atoms with E-state index < -0.39 is 11.7 Å². The van der Waals surface area contributed by atoms with Gasteiger partial charge in [-0.1, -0.05) is 0 Å². The number of carbonyl (C=O) groups is 1. The molecule has 0 bridgehead atoms. The van der Waals surface area contributed by atoms with E-state index in [1.165, 1.54) is 12.1 Å². The van der Waals surface area contributed by atoms with Gasteiger partial charge in [-0.3, -0.25) is 4.79 Å². The normalized spacial score (nSPS) is 16.6. The Kier molecular flexibility index (Phi) is 4.06. The van der Waals surface area contributed by atoms with Gasteiger partial charge in [0.2, 0.25) is 0 Å². The standard InChI is InChI=1S/C15H15F3N4O/c16-15(17,18)12-3-1-11(2-4-12)14(23)21-9-5-13(6-10-21)22-19-7-8-20-22/h1-4,7-8,13H,5-6,9-10H2. The van der Waals surface area contributed by atoms with Crippen molar-refractivity contribution in [3.05, 3.63) is 47.8 Å². The summed E-state index contributed by atoms with van der Waals surface area (Å²) in [6.07, 6.45) is 0.276. The first-order valence-corrected chi connectivity index (χ1v) is 7.27. The van der Waals surface area contributed by atoms with Crippen LogP contribution in [0.5, 0.6) is 0 Å². The zero-order valence-corrected chi connectivity index (χ0v) is 12.2. The lowest BCUT2D eigenvalue weighted by Gasteiger charge is -2.31. The number of aromatic nitrogens is 3. The molecule has 0 radical (unpaired) electrons. The van der Waals surface area contributed by atoms with Gasteiger partial charge in [0.1, 0.15) is 0 Å². The van der Waals surface area contributed by atoms with Gasteiger partial charge in [0, 0.05) is 18.7 Å². The van der Waals surface area contributed by atoms with Crippen molar-refractivity contribution in [3.8, 4) is 0 Å². The van der Waals surface area contributed by atoms with Crippen molar-refractivity contribution in [1.29, 1.82) is 0 Å². The number of benzene rings is 1. The quantitative estimate of drug-likeness (QED) is 0.853. The monoisotopic (exact) mass is 324 g/mol. The topological polar surface area (TPSA) is 51.0 Å². The van der Waals surface area contributed by atoms with Crippen LogP contribution in [0.1, 0.15) is 34.8 Å². The minimum absolute atomic E-state index is 0.154. The van der Waals surface area contributed by atoms with Gasteiger partial charge < -0.3 is 4.90 Å². The second-order valence-corrected chi connectivity index (χ2v) is 5.45. The number of amides is 1. The van der Waals surface area contributed by atoms with Crippen LogP contribution >= 0.6 is 0 Å². The molecule has 1 fully saturated rings. The molecule has 8 heteroatoms. The van der Waals surface area contributed by atoms with E-state index in [2.05, 4.69) is 10.2 Å². The molecule has 0 spiro atoms. The van der Waals surface area contributed by atoms with E-state index in [1.807, 2.05) is 0 Å². The summed E-state index contributed by atoms with van der Waals surface area (Å²) in [5, 5.41) is 8.19. The van der Waals surface area contributed by atoms with Crippen LogP contribution in [0.3, 0.4) is 0 Å². The maximum absolute atomic E-state index is 12.5. The number of likely N-dealkylation sites (tertiary alicyclic amines) is 1. The lowest BCUT2D eigenvalue weighted by Crippen LogP contribution is -2.39. The molecule has 1 aromatic carbocycles. The van der Waals surface area contributed by atoms with Gasteiger partial charge in [-0.2, -0.15) is 28.2 Å². The number of alkyl halides is 3. The fraction of sp³-hybridized carbons (Fsp3) is 0.400. The van der Waals surface area contributed by atoms with E-state index in [0.717, 1.165) is 25.0 Å².